The summed E-state index contributed by atoms with van der Waals surface area (Å²) >= 11 is 1.10. The zero-order valence-corrected chi connectivity index (χ0v) is 10.6. The molecule has 1 amide bonds. The highest BCUT2D eigenvalue weighted by atomic mass is 32.2. The van der Waals surface area contributed by atoms with Gasteiger partial charge in [-0.05, 0) is 13.0 Å². The summed E-state index contributed by atoms with van der Waals surface area (Å²) in [5.41, 5.74) is 0.962. The van der Waals surface area contributed by atoms with Crippen LogP contribution >= 0.6 is 11.8 Å². The van der Waals surface area contributed by atoms with Crippen LogP contribution < -0.4 is 0 Å². The molecule has 6 heteroatoms. The molecule has 0 atom stereocenters. The van der Waals surface area contributed by atoms with E-state index in [4.69, 9.17) is 9.52 Å². The Kier molecular flexibility index (Phi) is 5.09. The van der Waals surface area contributed by atoms with Crippen molar-refractivity contribution in [2.45, 2.75) is 13.5 Å². The summed E-state index contributed by atoms with van der Waals surface area (Å²) in [5, 5.41) is 8.45. The lowest BCUT2D eigenvalue weighted by molar-refractivity contribution is -0.133. The van der Waals surface area contributed by atoms with Gasteiger partial charge in [-0.1, -0.05) is 0 Å². The van der Waals surface area contributed by atoms with Crippen LogP contribution in [0.4, 0.5) is 0 Å². The van der Waals surface area contributed by atoms with Crippen LogP contribution in [0.15, 0.2) is 16.7 Å². The molecule has 5 nitrogen and oxygen atoms in total. The van der Waals surface area contributed by atoms with Crippen molar-refractivity contribution in [2.75, 3.05) is 18.6 Å². The Balaban J connectivity index is 2.37. The van der Waals surface area contributed by atoms with E-state index in [1.165, 1.54) is 0 Å². The van der Waals surface area contributed by atoms with Crippen LogP contribution in [0.3, 0.4) is 0 Å². The summed E-state index contributed by atoms with van der Waals surface area (Å²) in [6.07, 6.45) is 1.59. The number of thioether (sulfide) groups is 1. The molecule has 0 bridgehead atoms. The topological polar surface area (TPSA) is 70.8 Å². The molecule has 0 spiro atoms. The number of nitrogens with zero attached hydrogens (tertiary/aromatic N) is 1. The lowest BCUT2D eigenvalue weighted by Crippen LogP contribution is -2.28. The number of furan rings is 1. The number of carbonyl (C=O) groups is 2. The number of hydrogen-bond donors (Lipinski definition) is 1. The number of rotatable bonds is 6. The van der Waals surface area contributed by atoms with Crippen molar-refractivity contribution < 1.29 is 19.1 Å². The van der Waals surface area contributed by atoms with Crippen LogP contribution in [0, 0.1) is 6.92 Å². The van der Waals surface area contributed by atoms with E-state index >= 15 is 0 Å². The summed E-state index contributed by atoms with van der Waals surface area (Å²) in [7, 11) is 1.69. The summed E-state index contributed by atoms with van der Waals surface area (Å²) in [5.74, 6) is -0.0693. The fourth-order valence-corrected chi connectivity index (χ4v) is 1.93. The van der Waals surface area contributed by atoms with Crippen LogP contribution in [0.2, 0.25) is 0 Å². The van der Waals surface area contributed by atoms with Crippen molar-refractivity contribution in [3.05, 3.63) is 23.7 Å². The maximum absolute atomic E-state index is 11.6. The number of carbonyl (C=O) groups excluding carboxylic acids is 1. The molecule has 0 aliphatic carbocycles. The minimum absolute atomic E-state index is 0.0513. The van der Waals surface area contributed by atoms with E-state index in [0.29, 0.717) is 6.54 Å². The Hall–Kier alpha value is -1.43. The van der Waals surface area contributed by atoms with E-state index in [1.807, 2.05) is 13.0 Å². The van der Waals surface area contributed by atoms with Gasteiger partial charge in [-0.3, -0.25) is 9.59 Å². The van der Waals surface area contributed by atoms with Gasteiger partial charge in [0.15, 0.2) is 0 Å². The molecule has 17 heavy (non-hydrogen) atoms. The van der Waals surface area contributed by atoms with Crippen molar-refractivity contribution in [3.63, 3.8) is 0 Å². The lowest BCUT2D eigenvalue weighted by atomic mass is 10.2. The molecule has 1 rings (SSSR count). The van der Waals surface area contributed by atoms with Crippen molar-refractivity contribution in [3.8, 4) is 0 Å². The Morgan fingerprint density at radius 2 is 2.18 bits per heavy atom. The van der Waals surface area contributed by atoms with Gasteiger partial charge in [-0.25, -0.2) is 0 Å². The van der Waals surface area contributed by atoms with Gasteiger partial charge < -0.3 is 14.4 Å². The predicted octanol–water partition coefficient (Wildman–Crippen LogP) is 1.36. The highest BCUT2D eigenvalue weighted by molar-refractivity contribution is 8.00. The highest BCUT2D eigenvalue weighted by Crippen LogP contribution is 2.12. The minimum atomic E-state index is -0.906. The summed E-state index contributed by atoms with van der Waals surface area (Å²) in [6.45, 7) is 2.32. The zero-order chi connectivity index (χ0) is 12.8. The van der Waals surface area contributed by atoms with Crippen LogP contribution in [0.1, 0.15) is 11.3 Å². The standard InChI is InChI=1S/C11H15NO4S/c1-8-9(3-4-16-8)5-12(2)10(13)6-17-7-11(14)15/h3-4H,5-7H2,1-2H3,(H,14,15). The van der Waals surface area contributed by atoms with Crippen molar-refractivity contribution in [2.24, 2.45) is 0 Å². The molecule has 1 aromatic rings. The molecular weight excluding hydrogens is 242 g/mol. The van der Waals surface area contributed by atoms with Crippen LogP contribution in [-0.4, -0.2) is 40.4 Å². The van der Waals surface area contributed by atoms with Crippen LogP contribution in [0.25, 0.3) is 0 Å². The van der Waals surface area contributed by atoms with Gasteiger partial charge in [-0.2, -0.15) is 0 Å². The molecule has 0 saturated heterocycles. The second-order valence-electron chi connectivity index (χ2n) is 3.64. The molecule has 0 saturated carbocycles. The quantitative estimate of drug-likeness (QED) is 0.833. The number of carboxylic acids is 1. The van der Waals surface area contributed by atoms with Gasteiger partial charge in [0.2, 0.25) is 5.91 Å². The van der Waals surface area contributed by atoms with Crippen LogP contribution in [-0.2, 0) is 16.1 Å². The van der Waals surface area contributed by atoms with Gasteiger partial charge in [0, 0.05) is 19.2 Å². The lowest BCUT2D eigenvalue weighted by Gasteiger charge is -2.16. The largest absolute Gasteiger partial charge is 0.481 e. The van der Waals surface area contributed by atoms with Crippen molar-refractivity contribution in [1.82, 2.24) is 4.90 Å². The molecule has 1 heterocycles. The monoisotopic (exact) mass is 257 g/mol. The van der Waals surface area contributed by atoms with Gasteiger partial charge >= 0.3 is 5.97 Å². The van der Waals surface area contributed by atoms with E-state index in [1.54, 1.807) is 18.2 Å². The number of hydrogen-bond acceptors (Lipinski definition) is 4. The number of aliphatic carboxylic acids is 1. The van der Waals surface area contributed by atoms with E-state index in [0.717, 1.165) is 23.1 Å². The third-order valence-corrected chi connectivity index (χ3v) is 3.15. The SMILES string of the molecule is Cc1occc1CN(C)C(=O)CSCC(=O)O. The Morgan fingerprint density at radius 1 is 1.47 bits per heavy atom. The van der Waals surface area contributed by atoms with E-state index in [-0.39, 0.29) is 17.4 Å². The van der Waals surface area contributed by atoms with Crippen molar-refractivity contribution in [1.29, 1.82) is 0 Å². The van der Waals surface area contributed by atoms with Gasteiger partial charge in [-0.15, -0.1) is 11.8 Å². The molecule has 0 aromatic carbocycles. The smallest absolute Gasteiger partial charge is 0.313 e. The number of aryl methyl sites for hydroxylation is 1. The van der Waals surface area contributed by atoms with Gasteiger partial charge in [0.25, 0.3) is 0 Å². The summed E-state index contributed by atoms with van der Waals surface area (Å²) < 4.78 is 5.14. The molecule has 1 N–H and O–H groups in total. The fourth-order valence-electron chi connectivity index (χ4n) is 1.25. The number of amides is 1. The first-order chi connectivity index (χ1) is 8.00. The van der Waals surface area contributed by atoms with E-state index in [9.17, 15) is 9.59 Å². The predicted molar refractivity (Wildman–Crippen MR) is 64.9 cm³/mol. The third kappa shape index (κ3) is 4.52. The van der Waals surface area contributed by atoms with Gasteiger partial charge in [0.1, 0.15) is 5.76 Å². The molecule has 0 radical (unpaired) electrons. The summed E-state index contributed by atoms with van der Waals surface area (Å²) in [6, 6.07) is 1.82. The first-order valence-corrected chi connectivity index (χ1v) is 6.22. The zero-order valence-electron chi connectivity index (χ0n) is 9.80. The molecule has 0 aliphatic rings. The van der Waals surface area contributed by atoms with Gasteiger partial charge in [0.05, 0.1) is 17.8 Å². The molecular formula is C11H15NO4S. The Labute approximate surface area is 104 Å². The fraction of sp³-hybridized carbons (Fsp3) is 0.455. The van der Waals surface area contributed by atoms with E-state index < -0.39 is 5.97 Å². The Bertz CT molecular complexity index is 402. The highest BCUT2D eigenvalue weighted by Gasteiger charge is 2.12. The molecule has 0 fully saturated rings. The molecule has 94 valence electrons. The summed E-state index contributed by atoms with van der Waals surface area (Å²) in [4.78, 5) is 23.5. The first kappa shape index (κ1) is 13.6. The molecule has 0 aliphatic heterocycles. The second kappa shape index (κ2) is 6.34. The van der Waals surface area contributed by atoms with Crippen molar-refractivity contribution >= 4 is 23.6 Å². The maximum atomic E-state index is 11.6. The first-order valence-electron chi connectivity index (χ1n) is 5.07. The molecule has 1 aromatic heterocycles. The average Bonchev–Trinajstić information content (AvgIpc) is 2.63. The molecule has 0 unspecified atom stereocenters. The van der Waals surface area contributed by atoms with E-state index in [2.05, 4.69) is 0 Å². The average molecular weight is 257 g/mol. The Morgan fingerprint density at radius 3 is 2.71 bits per heavy atom. The normalized spacial score (nSPS) is 10.2. The second-order valence-corrected chi connectivity index (χ2v) is 4.62. The number of carboxylic acid groups (broad SMARTS) is 1. The van der Waals surface area contributed by atoms with Crippen LogP contribution in [0.5, 0.6) is 0 Å². The third-order valence-electron chi connectivity index (χ3n) is 2.25. The minimum Gasteiger partial charge on any atom is -0.481 e. The maximum Gasteiger partial charge on any atom is 0.313 e.